The molecule has 0 saturated carbocycles. The van der Waals surface area contributed by atoms with E-state index in [0.717, 1.165) is 6.54 Å². The Morgan fingerprint density at radius 2 is 2.05 bits per heavy atom. The smallest absolute Gasteiger partial charge is 0.165 e. The summed E-state index contributed by atoms with van der Waals surface area (Å²) in [6, 6.07) is 6.70. The van der Waals surface area contributed by atoms with Crippen LogP contribution in [-0.2, 0) is 6.54 Å². The fourth-order valence-electron chi connectivity index (χ4n) is 2.10. The summed E-state index contributed by atoms with van der Waals surface area (Å²) in [6.45, 7) is 3.14. The molecule has 3 rings (SSSR count). The highest BCUT2D eigenvalue weighted by molar-refractivity contribution is 5.82. The number of hydrogen-bond acceptors (Lipinski definition) is 4. The van der Waals surface area contributed by atoms with Crippen LogP contribution in [0.2, 0.25) is 0 Å². The molecule has 102 valence electrons. The normalized spacial score (nSPS) is 10.9. The highest BCUT2D eigenvalue weighted by Crippen LogP contribution is 2.18. The van der Waals surface area contributed by atoms with Crippen molar-refractivity contribution in [2.75, 3.05) is 11.9 Å². The lowest BCUT2D eigenvalue weighted by atomic mass is 10.2. The van der Waals surface area contributed by atoms with Gasteiger partial charge in [0.15, 0.2) is 11.5 Å². The van der Waals surface area contributed by atoms with Gasteiger partial charge in [-0.2, -0.15) is 0 Å². The van der Waals surface area contributed by atoms with Crippen molar-refractivity contribution in [3.8, 4) is 0 Å². The van der Waals surface area contributed by atoms with Crippen LogP contribution in [0.5, 0.6) is 0 Å². The molecule has 6 heteroatoms. The van der Waals surface area contributed by atoms with Crippen molar-refractivity contribution >= 4 is 17.0 Å². The summed E-state index contributed by atoms with van der Waals surface area (Å²) in [7, 11) is 0. The largest absolute Gasteiger partial charge is 0.368 e. The van der Waals surface area contributed by atoms with Crippen LogP contribution in [0.3, 0.4) is 0 Å². The maximum Gasteiger partial charge on any atom is 0.165 e. The molecule has 1 N–H and O–H groups in total. The predicted molar refractivity (Wildman–Crippen MR) is 75.0 cm³/mol. The molecule has 2 heterocycles. The van der Waals surface area contributed by atoms with Crippen LogP contribution >= 0.6 is 0 Å². The first-order valence-electron chi connectivity index (χ1n) is 6.42. The van der Waals surface area contributed by atoms with Crippen molar-refractivity contribution in [2.24, 2.45) is 0 Å². The van der Waals surface area contributed by atoms with Crippen LogP contribution in [0.25, 0.3) is 11.2 Å². The number of nitrogens with zero attached hydrogens (tertiary/aromatic N) is 4. The molecule has 0 aliphatic carbocycles. The predicted octanol–water partition coefficient (Wildman–Crippen LogP) is 2.45. The minimum absolute atomic E-state index is 0.227. The van der Waals surface area contributed by atoms with Gasteiger partial charge >= 0.3 is 0 Å². The van der Waals surface area contributed by atoms with E-state index >= 15 is 0 Å². The van der Waals surface area contributed by atoms with Gasteiger partial charge in [0.25, 0.3) is 0 Å². The van der Waals surface area contributed by atoms with E-state index in [4.69, 9.17) is 0 Å². The van der Waals surface area contributed by atoms with Gasteiger partial charge in [-0.25, -0.2) is 19.3 Å². The SMILES string of the molecule is CCNc1ncnc2c1ncn2Cc1ccccc1F. The number of imidazole rings is 1. The molecule has 0 saturated heterocycles. The Hall–Kier alpha value is -2.50. The molecular weight excluding hydrogens is 257 g/mol. The zero-order chi connectivity index (χ0) is 13.9. The highest BCUT2D eigenvalue weighted by Gasteiger charge is 2.10. The molecule has 3 aromatic rings. The molecule has 0 aliphatic heterocycles. The topological polar surface area (TPSA) is 55.6 Å². The minimum Gasteiger partial charge on any atom is -0.368 e. The van der Waals surface area contributed by atoms with E-state index in [-0.39, 0.29) is 5.82 Å². The Balaban J connectivity index is 2.01. The molecule has 0 aliphatic rings. The van der Waals surface area contributed by atoms with Crippen LogP contribution in [0.4, 0.5) is 10.2 Å². The van der Waals surface area contributed by atoms with Crippen molar-refractivity contribution in [1.29, 1.82) is 0 Å². The summed E-state index contributed by atoms with van der Waals surface area (Å²) < 4.78 is 15.5. The lowest BCUT2D eigenvalue weighted by molar-refractivity contribution is 0.601. The molecule has 0 radical (unpaired) electrons. The fourth-order valence-corrected chi connectivity index (χ4v) is 2.10. The summed E-state index contributed by atoms with van der Waals surface area (Å²) in [5.41, 5.74) is 2.00. The summed E-state index contributed by atoms with van der Waals surface area (Å²) >= 11 is 0. The van der Waals surface area contributed by atoms with E-state index in [1.165, 1.54) is 12.4 Å². The monoisotopic (exact) mass is 271 g/mol. The van der Waals surface area contributed by atoms with Crippen molar-refractivity contribution in [2.45, 2.75) is 13.5 Å². The van der Waals surface area contributed by atoms with E-state index in [1.807, 2.05) is 17.6 Å². The van der Waals surface area contributed by atoms with Crippen LogP contribution < -0.4 is 5.32 Å². The molecule has 2 aromatic heterocycles. The third-order valence-corrected chi connectivity index (χ3v) is 3.04. The molecule has 5 nitrogen and oxygen atoms in total. The van der Waals surface area contributed by atoms with Gasteiger partial charge in [-0.05, 0) is 13.0 Å². The molecule has 0 atom stereocenters. The van der Waals surface area contributed by atoms with Gasteiger partial charge in [-0.15, -0.1) is 0 Å². The molecule has 1 aromatic carbocycles. The third-order valence-electron chi connectivity index (χ3n) is 3.04. The third kappa shape index (κ3) is 2.20. The van der Waals surface area contributed by atoms with E-state index in [2.05, 4.69) is 20.3 Å². The zero-order valence-electron chi connectivity index (χ0n) is 11.0. The number of benzene rings is 1. The quantitative estimate of drug-likeness (QED) is 0.792. The Morgan fingerprint density at radius 3 is 2.85 bits per heavy atom. The number of rotatable bonds is 4. The summed E-state index contributed by atoms with van der Waals surface area (Å²) in [6.07, 6.45) is 3.15. The number of fused-ring (bicyclic) bond motifs is 1. The van der Waals surface area contributed by atoms with E-state index in [9.17, 15) is 4.39 Å². The number of anilines is 1. The minimum atomic E-state index is -0.227. The van der Waals surface area contributed by atoms with Gasteiger partial charge in [0, 0.05) is 12.1 Å². The van der Waals surface area contributed by atoms with Gasteiger partial charge < -0.3 is 9.88 Å². The molecule has 0 unspecified atom stereocenters. The maximum absolute atomic E-state index is 13.7. The number of aromatic nitrogens is 4. The average molecular weight is 271 g/mol. The molecule has 0 amide bonds. The van der Waals surface area contributed by atoms with Gasteiger partial charge in [-0.3, -0.25) is 0 Å². The Morgan fingerprint density at radius 1 is 1.20 bits per heavy atom. The van der Waals surface area contributed by atoms with E-state index in [1.54, 1.807) is 18.5 Å². The van der Waals surface area contributed by atoms with Crippen molar-refractivity contribution in [3.05, 3.63) is 48.3 Å². The Bertz CT molecular complexity index is 737. The van der Waals surface area contributed by atoms with Crippen LogP contribution in [-0.4, -0.2) is 26.1 Å². The fraction of sp³-hybridized carbons (Fsp3) is 0.214. The zero-order valence-corrected chi connectivity index (χ0v) is 11.0. The number of hydrogen-bond donors (Lipinski definition) is 1. The molecular formula is C14H14FN5. The second-order valence-electron chi connectivity index (χ2n) is 4.39. The maximum atomic E-state index is 13.7. The first kappa shape index (κ1) is 12.5. The van der Waals surface area contributed by atoms with Crippen molar-refractivity contribution in [1.82, 2.24) is 19.5 Å². The van der Waals surface area contributed by atoms with E-state index in [0.29, 0.717) is 29.1 Å². The van der Waals surface area contributed by atoms with Gasteiger partial charge in [0.2, 0.25) is 0 Å². The van der Waals surface area contributed by atoms with Crippen LogP contribution in [0, 0.1) is 5.82 Å². The number of nitrogens with one attached hydrogen (secondary N) is 1. The lowest BCUT2D eigenvalue weighted by Gasteiger charge is -2.06. The lowest BCUT2D eigenvalue weighted by Crippen LogP contribution is -2.03. The summed E-state index contributed by atoms with van der Waals surface area (Å²) in [5, 5.41) is 3.14. The standard InChI is InChI=1S/C14H14FN5/c1-2-16-13-12-14(18-8-17-13)20(9-19-12)7-10-5-3-4-6-11(10)15/h3-6,8-9H,2,7H2,1H3,(H,16,17,18). The van der Waals surface area contributed by atoms with Crippen molar-refractivity contribution < 1.29 is 4.39 Å². The summed E-state index contributed by atoms with van der Waals surface area (Å²) in [4.78, 5) is 12.7. The average Bonchev–Trinajstić information content (AvgIpc) is 2.86. The first-order chi connectivity index (χ1) is 9.79. The second kappa shape index (κ2) is 5.24. The first-order valence-corrected chi connectivity index (χ1v) is 6.42. The van der Waals surface area contributed by atoms with Crippen LogP contribution in [0.1, 0.15) is 12.5 Å². The van der Waals surface area contributed by atoms with Gasteiger partial charge in [0.1, 0.15) is 17.7 Å². The second-order valence-corrected chi connectivity index (χ2v) is 4.39. The Labute approximate surface area is 115 Å². The Kier molecular flexibility index (Phi) is 3.28. The molecule has 0 fully saturated rings. The molecule has 0 spiro atoms. The molecule has 20 heavy (non-hydrogen) atoms. The van der Waals surface area contributed by atoms with Crippen LogP contribution in [0.15, 0.2) is 36.9 Å². The highest BCUT2D eigenvalue weighted by atomic mass is 19.1. The number of halogens is 1. The van der Waals surface area contributed by atoms with Gasteiger partial charge in [0.05, 0.1) is 12.9 Å². The summed E-state index contributed by atoms with van der Waals surface area (Å²) in [5.74, 6) is 0.472. The van der Waals surface area contributed by atoms with Gasteiger partial charge in [-0.1, -0.05) is 18.2 Å². The molecule has 0 bridgehead atoms. The van der Waals surface area contributed by atoms with Crippen molar-refractivity contribution in [3.63, 3.8) is 0 Å². The van der Waals surface area contributed by atoms with E-state index < -0.39 is 0 Å².